The van der Waals surface area contributed by atoms with Crippen LogP contribution in [0.3, 0.4) is 0 Å². The fourth-order valence-electron chi connectivity index (χ4n) is 5.19. The van der Waals surface area contributed by atoms with E-state index in [2.05, 4.69) is 38.3 Å². The smallest absolute Gasteiger partial charge is 0.243 e. The van der Waals surface area contributed by atoms with Crippen LogP contribution in [-0.4, -0.2) is 65.1 Å². The number of hydrogen-bond acceptors (Lipinski definition) is 6. The molecule has 8 nitrogen and oxygen atoms in total. The first-order chi connectivity index (χ1) is 15.6. The largest absolute Gasteiger partial charge is 0.379 e. The molecule has 3 aliphatic rings. The lowest BCUT2D eigenvalue weighted by molar-refractivity contribution is -0.119. The first kappa shape index (κ1) is 21.5. The molecule has 5 rings (SSSR count). The van der Waals surface area contributed by atoms with Gasteiger partial charge in [-0.05, 0) is 36.1 Å². The van der Waals surface area contributed by atoms with Gasteiger partial charge in [0.25, 0.3) is 0 Å². The minimum atomic E-state index is -0.949. The predicted octanol–water partition coefficient (Wildman–Crippen LogP) is 1.57. The Morgan fingerprint density at radius 1 is 1.22 bits per heavy atom. The molecule has 0 radical (unpaired) electrons. The van der Waals surface area contributed by atoms with Crippen LogP contribution in [0.1, 0.15) is 29.9 Å². The summed E-state index contributed by atoms with van der Waals surface area (Å²) in [5, 5.41) is 7.23. The Bertz CT molecular complexity index is 929. The van der Waals surface area contributed by atoms with Crippen molar-refractivity contribution in [3.8, 4) is 0 Å². The number of carbonyl (C=O) groups is 1. The average molecular weight is 443 g/mol. The van der Waals surface area contributed by atoms with Gasteiger partial charge in [-0.1, -0.05) is 12.1 Å². The highest BCUT2D eigenvalue weighted by Gasteiger charge is 2.47. The Morgan fingerprint density at radius 2 is 2.00 bits per heavy atom. The first-order valence-corrected chi connectivity index (χ1v) is 11.4. The number of alkyl halides is 1. The zero-order valence-corrected chi connectivity index (χ0v) is 18.3. The van der Waals surface area contributed by atoms with Gasteiger partial charge < -0.3 is 10.1 Å². The molecule has 2 saturated heterocycles. The number of hydrazine groups is 1. The number of carbonyl (C=O) groups excluding carboxylic acids is 1. The highest BCUT2D eigenvalue weighted by Crippen LogP contribution is 2.41. The van der Waals surface area contributed by atoms with Gasteiger partial charge in [0, 0.05) is 56.4 Å². The lowest BCUT2D eigenvalue weighted by Gasteiger charge is -2.34. The number of nitrogens with one attached hydrogen (secondary N) is 3. The number of anilines is 1. The van der Waals surface area contributed by atoms with E-state index in [0.717, 1.165) is 44.1 Å². The van der Waals surface area contributed by atoms with Crippen molar-refractivity contribution in [2.75, 3.05) is 31.6 Å². The number of benzene rings is 1. The van der Waals surface area contributed by atoms with Gasteiger partial charge in [-0.3, -0.25) is 19.8 Å². The Labute approximate surface area is 187 Å². The molecule has 0 bridgehead atoms. The lowest BCUT2D eigenvalue weighted by atomic mass is 9.73. The zero-order valence-electron chi connectivity index (χ0n) is 18.3. The molecule has 1 amide bonds. The molecule has 9 heteroatoms. The zero-order chi connectivity index (χ0) is 22.1. The molecule has 172 valence electrons. The van der Waals surface area contributed by atoms with Gasteiger partial charge in [0.15, 0.2) is 0 Å². The summed E-state index contributed by atoms with van der Waals surface area (Å²) in [6, 6.07) is 7.56. The summed E-state index contributed by atoms with van der Waals surface area (Å²) in [5.41, 5.74) is 9.15. The maximum absolute atomic E-state index is 14.8. The molecule has 32 heavy (non-hydrogen) atoms. The summed E-state index contributed by atoms with van der Waals surface area (Å²) >= 11 is 0. The highest BCUT2D eigenvalue weighted by atomic mass is 19.1. The molecular weight excluding hydrogens is 411 g/mol. The fraction of sp³-hybridized carbons (Fsp3) is 0.565. The number of hydrogen-bond donors (Lipinski definition) is 3. The minimum Gasteiger partial charge on any atom is -0.379 e. The summed E-state index contributed by atoms with van der Waals surface area (Å²) in [4.78, 5) is 15.4. The van der Waals surface area contributed by atoms with E-state index in [-0.39, 0.29) is 23.8 Å². The van der Waals surface area contributed by atoms with Crippen molar-refractivity contribution in [2.45, 2.75) is 43.6 Å². The maximum Gasteiger partial charge on any atom is 0.243 e. The molecule has 0 spiro atoms. The molecule has 1 aliphatic carbocycles. The third-order valence-electron chi connectivity index (χ3n) is 6.98. The normalized spacial score (nSPS) is 30.8. The SMILES string of the molecule is Cn1cc(C2CC3C(CC2F)NNC3C(=O)Nc2ccc(CN3CCOCC3)cc2)cn1. The average Bonchev–Trinajstić information content (AvgIpc) is 3.41. The molecule has 2 aromatic rings. The quantitative estimate of drug-likeness (QED) is 0.652. The van der Waals surface area contributed by atoms with Crippen LogP contribution in [0.5, 0.6) is 0 Å². The van der Waals surface area contributed by atoms with Crippen molar-refractivity contribution in [1.29, 1.82) is 0 Å². The summed E-state index contributed by atoms with van der Waals surface area (Å²) in [5.74, 6) is -0.303. The summed E-state index contributed by atoms with van der Waals surface area (Å²) < 4.78 is 21.9. The fourth-order valence-corrected chi connectivity index (χ4v) is 5.19. The number of morpholine rings is 1. The molecule has 1 saturated carbocycles. The Kier molecular flexibility index (Phi) is 6.23. The Morgan fingerprint density at radius 3 is 2.72 bits per heavy atom. The molecule has 5 atom stereocenters. The molecule has 3 N–H and O–H groups in total. The predicted molar refractivity (Wildman–Crippen MR) is 119 cm³/mol. The number of halogens is 1. The molecular formula is C23H31FN6O2. The second-order valence-electron chi connectivity index (χ2n) is 9.15. The van der Waals surface area contributed by atoms with Gasteiger partial charge in [-0.2, -0.15) is 5.10 Å². The van der Waals surface area contributed by atoms with Crippen LogP contribution in [0.25, 0.3) is 0 Å². The maximum atomic E-state index is 14.8. The summed E-state index contributed by atoms with van der Waals surface area (Å²) in [6.45, 7) is 4.34. The summed E-state index contributed by atoms with van der Waals surface area (Å²) in [7, 11) is 1.84. The number of aryl methyl sites for hydroxylation is 1. The van der Waals surface area contributed by atoms with Crippen LogP contribution in [0.15, 0.2) is 36.7 Å². The number of rotatable bonds is 5. The van der Waals surface area contributed by atoms with Crippen LogP contribution in [-0.2, 0) is 23.1 Å². The van der Waals surface area contributed by atoms with Crippen LogP contribution >= 0.6 is 0 Å². The van der Waals surface area contributed by atoms with E-state index in [0.29, 0.717) is 12.8 Å². The molecule has 3 heterocycles. The number of fused-ring (bicyclic) bond motifs is 1. The van der Waals surface area contributed by atoms with Gasteiger partial charge >= 0.3 is 0 Å². The van der Waals surface area contributed by atoms with E-state index >= 15 is 0 Å². The van der Waals surface area contributed by atoms with Crippen molar-refractivity contribution >= 4 is 11.6 Å². The third-order valence-corrected chi connectivity index (χ3v) is 6.98. The van der Waals surface area contributed by atoms with Gasteiger partial charge in [0.2, 0.25) is 5.91 Å². The standard InChI is InChI=1S/C23H31FN6O2/c1-29-14-16(12-25-29)18-10-19-21(11-20(18)24)27-28-22(19)23(31)26-17-4-2-15(3-5-17)13-30-6-8-32-9-7-30/h2-5,12,14,18-22,27-28H,6-11,13H2,1H3,(H,26,31). The van der Waals surface area contributed by atoms with Gasteiger partial charge in [0.1, 0.15) is 12.2 Å². The van der Waals surface area contributed by atoms with E-state index in [1.165, 1.54) is 5.56 Å². The van der Waals surface area contributed by atoms with Crippen molar-refractivity contribution in [2.24, 2.45) is 13.0 Å². The van der Waals surface area contributed by atoms with Gasteiger partial charge in [-0.15, -0.1) is 0 Å². The number of ether oxygens (including phenoxy) is 1. The molecule has 5 unspecified atom stereocenters. The van der Waals surface area contributed by atoms with Crippen LogP contribution in [0.2, 0.25) is 0 Å². The van der Waals surface area contributed by atoms with E-state index in [9.17, 15) is 9.18 Å². The van der Waals surface area contributed by atoms with E-state index in [4.69, 9.17) is 4.74 Å². The van der Waals surface area contributed by atoms with Crippen molar-refractivity contribution in [1.82, 2.24) is 25.5 Å². The second-order valence-corrected chi connectivity index (χ2v) is 9.15. The van der Waals surface area contributed by atoms with Gasteiger partial charge in [0.05, 0.1) is 19.4 Å². The van der Waals surface area contributed by atoms with Crippen molar-refractivity contribution in [3.63, 3.8) is 0 Å². The second kappa shape index (κ2) is 9.27. The molecule has 2 aliphatic heterocycles. The summed E-state index contributed by atoms with van der Waals surface area (Å²) in [6.07, 6.45) is 3.66. The first-order valence-electron chi connectivity index (χ1n) is 11.4. The Hall–Kier alpha value is -2.33. The molecule has 3 fully saturated rings. The monoisotopic (exact) mass is 442 g/mol. The van der Waals surface area contributed by atoms with Crippen LogP contribution < -0.4 is 16.2 Å². The third kappa shape index (κ3) is 4.56. The number of amides is 1. The Balaban J connectivity index is 1.20. The minimum absolute atomic E-state index is 0.0211. The van der Waals surface area contributed by atoms with Crippen LogP contribution in [0, 0.1) is 5.92 Å². The van der Waals surface area contributed by atoms with Crippen molar-refractivity contribution in [3.05, 3.63) is 47.8 Å². The molecule has 1 aromatic heterocycles. The van der Waals surface area contributed by atoms with E-state index in [1.807, 2.05) is 25.4 Å². The highest BCUT2D eigenvalue weighted by molar-refractivity contribution is 5.95. The van der Waals surface area contributed by atoms with Crippen LogP contribution in [0.4, 0.5) is 10.1 Å². The van der Waals surface area contributed by atoms with Gasteiger partial charge in [-0.25, -0.2) is 9.82 Å². The number of aromatic nitrogens is 2. The van der Waals surface area contributed by atoms with E-state index < -0.39 is 12.2 Å². The van der Waals surface area contributed by atoms with E-state index in [1.54, 1.807) is 10.9 Å². The topological polar surface area (TPSA) is 83.5 Å². The number of nitrogens with zero attached hydrogens (tertiary/aromatic N) is 3. The lowest BCUT2D eigenvalue weighted by Crippen LogP contribution is -2.43. The molecule has 1 aromatic carbocycles. The van der Waals surface area contributed by atoms with Crippen molar-refractivity contribution < 1.29 is 13.9 Å².